The molecule has 6 aromatic rings. The Kier molecular flexibility index (Phi) is 7.57. The van der Waals surface area contributed by atoms with Gasteiger partial charge < -0.3 is 23.4 Å². The number of anilines is 1. The molecule has 0 aliphatic carbocycles. The van der Waals surface area contributed by atoms with Crippen LogP contribution in [0.5, 0.6) is 17.2 Å². The van der Waals surface area contributed by atoms with Crippen LogP contribution in [0.25, 0.3) is 22.5 Å². The van der Waals surface area contributed by atoms with E-state index in [1.54, 1.807) is 6.20 Å². The summed E-state index contributed by atoms with van der Waals surface area (Å²) in [6.07, 6.45) is 2.11. The fourth-order valence-corrected chi connectivity index (χ4v) is 5.12. The molecular formula is C35H29N3O5. The molecule has 2 unspecified atom stereocenters. The van der Waals surface area contributed by atoms with Crippen molar-refractivity contribution in [3.8, 4) is 28.8 Å². The molecule has 1 saturated heterocycles. The van der Waals surface area contributed by atoms with Crippen molar-refractivity contribution < 1.29 is 23.4 Å². The standard InChI is InChI=1S/C35H29N3O5/c1-4-10-25(11-5-1)22-41-34-30(19-17-26-16-18-29(37-33(26)34)35-36-20-21-40-35)38-31(42-27-12-6-2-7-13-27)23-39-24-32(38)43-28-14-8-3-9-15-28/h1-21,31-32H,22-24H2. The molecule has 0 amide bonds. The quantitative estimate of drug-likeness (QED) is 0.182. The number of rotatable bonds is 9. The molecule has 0 bridgehead atoms. The van der Waals surface area contributed by atoms with E-state index in [0.717, 1.165) is 28.1 Å². The summed E-state index contributed by atoms with van der Waals surface area (Å²) in [5.41, 5.74) is 3.08. The minimum absolute atomic E-state index is 0.323. The van der Waals surface area contributed by atoms with E-state index in [2.05, 4.69) is 9.88 Å². The van der Waals surface area contributed by atoms with Crippen LogP contribution in [-0.2, 0) is 11.3 Å². The first-order valence-corrected chi connectivity index (χ1v) is 14.1. The largest absolute Gasteiger partial charge is 0.484 e. The number of para-hydroxylation sites is 2. The SMILES string of the molecule is c1ccc(COc2c(N3C(Oc4ccccc4)COCC3Oc3ccccc3)ccc3ccc(-c4ncco4)nc23)cc1. The molecule has 0 N–H and O–H groups in total. The van der Waals surface area contributed by atoms with Crippen molar-refractivity contribution in [2.75, 3.05) is 18.1 Å². The number of aromatic nitrogens is 2. The van der Waals surface area contributed by atoms with Crippen molar-refractivity contribution in [1.82, 2.24) is 9.97 Å². The molecule has 1 aliphatic heterocycles. The maximum Gasteiger partial charge on any atom is 0.245 e. The number of ether oxygens (including phenoxy) is 4. The number of nitrogens with zero attached hydrogens (tertiary/aromatic N) is 3. The lowest BCUT2D eigenvalue weighted by Crippen LogP contribution is -2.57. The van der Waals surface area contributed by atoms with Crippen LogP contribution in [0.1, 0.15) is 5.56 Å². The highest BCUT2D eigenvalue weighted by Crippen LogP contribution is 2.40. The summed E-state index contributed by atoms with van der Waals surface area (Å²) in [7, 11) is 0. The lowest BCUT2D eigenvalue weighted by Gasteiger charge is -2.43. The van der Waals surface area contributed by atoms with Gasteiger partial charge >= 0.3 is 0 Å². The molecule has 0 saturated carbocycles. The highest BCUT2D eigenvalue weighted by atomic mass is 16.6. The molecule has 8 nitrogen and oxygen atoms in total. The second-order valence-electron chi connectivity index (χ2n) is 10.0. The molecule has 0 spiro atoms. The van der Waals surface area contributed by atoms with Gasteiger partial charge in [-0.15, -0.1) is 0 Å². The number of benzene rings is 4. The first-order valence-electron chi connectivity index (χ1n) is 14.1. The van der Waals surface area contributed by atoms with Crippen molar-refractivity contribution in [1.29, 1.82) is 0 Å². The predicted octanol–water partition coefficient (Wildman–Crippen LogP) is 7.12. The Morgan fingerprint density at radius 1 is 0.721 bits per heavy atom. The van der Waals surface area contributed by atoms with E-state index in [1.165, 1.54) is 6.26 Å². The summed E-state index contributed by atoms with van der Waals surface area (Å²) in [5.74, 6) is 2.47. The molecule has 1 fully saturated rings. The van der Waals surface area contributed by atoms with Gasteiger partial charge in [-0.05, 0) is 42.0 Å². The maximum atomic E-state index is 6.65. The second kappa shape index (κ2) is 12.3. The minimum atomic E-state index is -0.517. The van der Waals surface area contributed by atoms with Crippen LogP contribution in [0, 0.1) is 0 Å². The van der Waals surface area contributed by atoms with Gasteiger partial charge in [0.15, 0.2) is 18.2 Å². The monoisotopic (exact) mass is 571 g/mol. The first-order chi connectivity index (χ1) is 21.3. The normalized spacial score (nSPS) is 16.6. The predicted molar refractivity (Wildman–Crippen MR) is 163 cm³/mol. The molecule has 2 aromatic heterocycles. The molecule has 3 heterocycles. The van der Waals surface area contributed by atoms with Crippen LogP contribution < -0.4 is 19.1 Å². The zero-order chi connectivity index (χ0) is 28.8. The molecule has 8 heteroatoms. The van der Waals surface area contributed by atoms with E-state index < -0.39 is 12.5 Å². The fourth-order valence-electron chi connectivity index (χ4n) is 5.12. The Morgan fingerprint density at radius 2 is 1.35 bits per heavy atom. The van der Waals surface area contributed by atoms with Gasteiger partial charge in [-0.3, -0.25) is 4.90 Å². The van der Waals surface area contributed by atoms with Crippen molar-refractivity contribution in [2.45, 2.75) is 19.1 Å². The zero-order valence-corrected chi connectivity index (χ0v) is 23.3. The number of hydrogen-bond acceptors (Lipinski definition) is 8. The fraction of sp³-hybridized carbons (Fsp3) is 0.143. The number of pyridine rings is 1. The van der Waals surface area contributed by atoms with Gasteiger partial charge in [0, 0.05) is 5.39 Å². The number of oxazole rings is 1. The van der Waals surface area contributed by atoms with Gasteiger partial charge in [0.1, 0.15) is 48.8 Å². The molecular weight excluding hydrogens is 542 g/mol. The van der Waals surface area contributed by atoms with Gasteiger partial charge in [-0.1, -0.05) is 78.9 Å². The Balaban J connectivity index is 1.36. The van der Waals surface area contributed by atoms with Crippen molar-refractivity contribution >= 4 is 16.6 Å². The molecule has 0 radical (unpaired) electrons. The van der Waals surface area contributed by atoms with E-state index in [1.807, 2.05) is 115 Å². The lowest BCUT2D eigenvalue weighted by molar-refractivity contribution is -0.0508. The van der Waals surface area contributed by atoms with Gasteiger partial charge in [0.2, 0.25) is 5.89 Å². The van der Waals surface area contributed by atoms with Crippen LogP contribution in [-0.4, -0.2) is 35.6 Å². The highest BCUT2D eigenvalue weighted by Gasteiger charge is 2.37. The van der Waals surface area contributed by atoms with Gasteiger partial charge in [-0.2, -0.15) is 0 Å². The Morgan fingerprint density at radius 3 is 1.98 bits per heavy atom. The second-order valence-corrected chi connectivity index (χ2v) is 10.0. The molecule has 2 atom stereocenters. The minimum Gasteiger partial charge on any atom is -0.484 e. The van der Waals surface area contributed by atoms with E-state index in [9.17, 15) is 0 Å². The van der Waals surface area contributed by atoms with Crippen LogP contribution in [0.3, 0.4) is 0 Å². The Hall–Kier alpha value is -5.34. The highest BCUT2D eigenvalue weighted by molar-refractivity contribution is 5.92. The smallest absolute Gasteiger partial charge is 0.245 e. The Bertz CT molecular complexity index is 1720. The van der Waals surface area contributed by atoms with E-state index in [4.69, 9.17) is 28.3 Å². The van der Waals surface area contributed by atoms with E-state index >= 15 is 0 Å². The summed E-state index contributed by atoms with van der Waals surface area (Å²) in [5, 5.41) is 0.913. The summed E-state index contributed by atoms with van der Waals surface area (Å²) in [4.78, 5) is 11.4. The van der Waals surface area contributed by atoms with Gasteiger partial charge in [-0.25, -0.2) is 9.97 Å². The number of fused-ring (bicyclic) bond motifs is 1. The summed E-state index contributed by atoms with van der Waals surface area (Å²) >= 11 is 0. The van der Waals surface area contributed by atoms with Crippen LogP contribution >= 0.6 is 0 Å². The third-order valence-electron chi connectivity index (χ3n) is 7.12. The van der Waals surface area contributed by atoms with E-state index in [-0.39, 0.29) is 0 Å². The van der Waals surface area contributed by atoms with Crippen LogP contribution in [0.2, 0.25) is 0 Å². The molecule has 214 valence electrons. The topological polar surface area (TPSA) is 79.1 Å². The van der Waals surface area contributed by atoms with Crippen molar-refractivity contribution in [2.24, 2.45) is 0 Å². The van der Waals surface area contributed by atoms with E-state index in [0.29, 0.717) is 42.7 Å². The first kappa shape index (κ1) is 26.6. The van der Waals surface area contributed by atoms with Crippen molar-refractivity contribution in [3.05, 3.63) is 133 Å². The summed E-state index contributed by atoms with van der Waals surface area (Å²) in [6.45, 7) is 0.990. The summed E-state index contributed by atoms with van der Waals surface area (Å²) in [6, 6.07) is 37.4. The summed E-state index contributed by atoms with van der Waals surface area (Å²) < 4.78 is 31.3. The molecule has 43 heavy (non-hydrogen) atoms. The average molecular weight is 572 g/mol. The Labute approximate surface area is 249 Å². The molecule has 4 aromatic carbocycles. The maximum absolute atomic E-state index is 6.65. The third-order valence-corrected chi connectivity index (χ3v) is 7.12. The van der Waals surface area contributed by atoms with Crippen LogP contribution in [0.4, 0.5) is 5.69 Å². The third kappa shape index (κ3) is 5.86. The molecule has 7 rings (SSSR count). The van der Waals surface area contributed by atoms with Crippen molar-refractivity contribution in [3.63, 3.8) is 0 Å². The average Bonchev–Trinajstić information content (AvgIpc) is 3.61. The van der Waals surface area contributed by atoms with Gasteiger partial charge in [0.25, 0.3) is 0 Å². The number of morpholine rings is 1. The molecule has 1 aliphatic rings. The number of hydrogen-bond donors (Lipinski definition) is 0. The lowest BCUT2D eigenvalue weighted by atomic mass is 10.1. The van der Waals surface area contributed by atoms with Gasteiger partial charge in [0.05, 0.1) is 11.9 Å². The van der Waals surface area contributed by atoms with Crippen LogP contribution in [0.15, 0.2) is 132 Å². The zero-order valence-electron chi connectivity index (χ0n) is 23.3.